The highest BCUT2D eigenvalue weighted by molar-refractivity contribution is 5.95. The van der Waals surface area contributed by atoms with Crippen LogP contribution in [0.15, 0.2) is 36.5 Å². The highest BCUT2D eigenvalue weighted by Crippen LogP contribution is 2.30. The number of morpholine rings is 1. The van der Waals surface area contributed by atoms with Crippen LogP contribution in [0.4, 0.5) is 0 Å². The quantitative estimate of drug-likeness (QED) is 0.883. The number of amides is 1. The van der Waals surface area contributed by atoms with Gasteiger partial charge in [-0.15, -0.1) is 0 Å². The molecule has 6 nitrogen and oxygen atoms in total. The lowest BCUT2D eigenvalue weighted by atomic mass is 9.90. The number of aromatic nitrogens is 2. The number of carbonyl (C=O) groups is 1. The predicted molar refractivity (Wildman–Crippen MR) is 108 cm³/mol. The van der Waals surface area contributed by atoms with Crippen LogP contribution in [0.2, 0.25) is 0 Å². The van der Waals surface area contributed by atoms with Gasteiger partial charge in [0, 0.05) is 25.6 Å². The van der Waals surface area contributed by atoms with Gasteiger partial charge in [-0.2, -0.15) is 5.10 Å². The number of nitrogens with zero attached hydrogens (tertiary/aromatic N) is 3. The normalized spacial score (nSPS) is 24.4. The molecule has 0 saturated carbocycles. The van der Waals surface area contributed by atoms with Gasteiger partial charge in [-0.3, -0.25) is 14.8 Å². The minimum absolute atomic E-state index is 0.0734. The van der Waals surface area contributed by atoms with Crippen LogP contribution >= 0.6 is 0 Å². The highest BCUT2D eigenvalue weighted by atomic mass is 16.5. The van der Waals surface area contributed by atoms with Crippen molar-refractivity contribution in [2.75, 3.05) is 26.2 Å². The molecule has 1 amide bonds. The van der Waals surface area contributed by atoms with Crippen LogP contribution in [-0.2, 0) is 11.3 Å². The number of rotatable bonds is 4. The van der Waals surface area contributed by atoms with Crippen molar-refractivity contribution in [3.8, 4) is 0 Å². The van der Waals surface area contributed by atoms with Crippen LogP contribution in [0.3, 0.4) is 0 Å². The van der Waals surface area contributed by atoms with Crippen LogP contribution in [-0.4, -0.2) is 64.3 Å². The van der Waals surface area contributed by atoms with Crippen molar-refractivity contribution in [3.63, 3.8) is 0 Å². The first-order valence-electron chi connectivity index (χ1n) is 10.3. The molecule has 1 aromatic carbocycles. The molecule has 4 rings (SSSR count). The Bertz CT molecular complexity index is 773. The first-order valence-corrected chi connectivity index (χ1v) is 10.3. The van der Waals surface area contributed by atoms with Gasteiger partial charge in [-0.05, 0) is 45.3 Å². The van der Waals surface area contributed by atoms with Gasteiger partial charge in [0.05, 0.1) is 29.7 Å². The Morgan fingerprint density at radius 1 is 1.14 bits per heavy atom. The van der Waals surface area contributed by atoms with Crippen molar-refractivity contribution in [1.29, 1.82) is 0 Å². The van der Waals surface area contributed by atoms with Gasteiger partial charge in [0.1, 0.15) is 0 Å². The Labute approximate surface area is 166 Å². The molecule has 2 aliphatic heterocycles. The molecule has 0 aliphatic carbocycles. The number of carbonyl (C=O) groups excluding carboxylic acids is 1. The molecule has 1 N–H and O–H groups in total. The summed E-state index contributed by atoms with van der Waals surface area (Å²) in [6, 6.07) is 10.6. The van der Waals surface area contributed by atoms with E-state index in [-0.39, 0.29) is 18.1 Å². The summed E-state index contributed by atoms with van der Waals surface area (Å²) in [7, 11) is 0. The number of hydrogen-bond acceptors (Lipinski definition) is 4. The molecule has 2 fully saturated rings. The van der Waals surface area contributed by atoms with Gasteiger partial charge >= 0.3 is 0 Å². The zero-order chi connectivity index (χ0) is 19.5. The van der Waals surface area contributed by atoms with E-state index in [2.05, 4.69) is 45.4 Å². The van der Waals surface area contributed by atoms with Gasteiger partial charge in [-0.25, -0.2) is 0 Å². The lowest BCUT2D eigenvalue weighted by Crippen LogP contribution is -2.48. The number of ether oxygens (including phenoxy) is 1. The maximum absolute atomic E-state index is 13.1. The zero-order valence-corrected chi connectivity index (χ0v) is 16.8. The Morgan fingerprint density at radius 2 is 1.82 bits per heavy atom. The molecule has 2 aromatic rings. The molecule has 1 aromatic heterocycles. The average molecular weight is 383 g/mol. The summed E-state index contributed by atoms with van der Waals surface area (Å²) in [5, 5.41) is 7.36. The molecule has 0 spiro atoms. The van der Waals surface area contributed by atoms with Crippen LogP contribution < -0.4 is 0 Å². The number of benzene rings is 1. The van der Waals surface area contributed by atoms with E-state index >= 15 is 0 Å². The SMILES string of the molecule is C[C@@H]1CN(C(=O)c2cn[nH]c2C2CCN(Cc3ccccc3)CC2)C[C@@H](C)O1. The molecule has 2 aliphatic rings. The van der Waals surface area contributed by atoms with E-state index in [0.29, 0.717) is 19.0 Å². The lowest BCUT2D eigenvalue weighted by molar-refractivity contribution is -0.0586. The fourth-order valence-corrected chi connectivity index (χ4v) is 4.51. The number of aromatic amines is 1. The number of piperidine rings is 1. The summed E-state index contributed by atoms with van der Waals surface area (Å²) in [5.74, 6) is 0.446. The molecule has 0 bridgehead atoms. The van der Waals surface area contributed by atoms with Gasteiger partial charge < -0.3 is 9.64 Å². The zero-order valence-electron chi connectivity index (χ0n) is 16.8. The third-order valence-electron chi connectivity index (χ3n) is 5.85. The highest BCUT2D eigenvalue weighted by Gasteiger charge is 2.31. The van der Waals surface area contributed by atoms with Crippen LogP contribution in [0.25, 0.3) is 0 Å². The van der Waals surface area contributed by atoms with Crippen LogP contribution in [0.1, 0.15) is 54.2 Å². The van der Waals surface area contributed by atoms with E-state index in [1.54, 1.807) is 6.20 Å². The van der Waals surface area contributed by atoms with Crippen LogP contribution in [0.5, 0.6) is 0 Å². The Morgan fingerprint density at radius 3 is 2.50 bits per heavy atom. The number of H-pyrrole nitrogens is 1. The Kier molecular flexibility index (Phi) is 5.78. The average Bonchev–Trinajstić information content (AvgIpc) is 3.18. The Balaban J connectivity index is 1.39. The number of hydrogen-bond donors (Lipinski definition) is 1. The molecule has 2 saturated heterocycles. The third kappa shape index (κ3) is 4.28. The Hall–Kier alpha value is -2.18. The summed E-state index contributed by atoms with van der Waals surface area (Å²) in [6.07, 6.45) is 3.95. The van der Waals surface area contributed by atoms with Gasteiger partial charge in [0.25, 0.3) is 5.91 Å². The molecular formula is C22H30N4O2. The van der Waals surface area contributed by atoms with E-state index in [9.17, 15) is 4.79 Å². The van der Waals surface area contributed by atoms with Gasteiger partial charge in [-0.1, -0.05) is 30.3 Å². The van der Waals surface area contributed by atoms with Crippen molar-refractivity contribution < 1.29 is 9.53 Å². The molecule has 6 heteroatoms. The fraction of sp³-hybridized carbons (Fsp3) is 0.545. The summed E-state index contributed by atoms with van der Waals surface area (Å²) < 4.78 is 5.77. The summed E-state index contributed by atoms with van der Waals surface area (Å²) in [5.41, 5.74) is 3.10. The summed E-state index contributed by atoms with van der Waals surface area (Å²) in [6.45, 7) is 8.40. The van der Waals surface area contributed by atoms with Crippen molar-refractivity contribution in [1.82, 2.24) is 20.0 Å². The van der Waals surface area contributed by atoms with Gasteiger partial charge in [0.2, 0.25) is 0 Å². The summed E-state index contributed by atoms with van der Waals surface area (Å²) in [4.78, 5) is 17.5. The molecule has 0 radical (unpaired) electrons. The second-order valence-corrected chi connectivity index (χ2v) is 8.20. The number of likely N-dealkylation sites (tertiary alicyclic amines) is 1. The molecule has 150 valence electrons. The van der Waals surface area contributed by atoms with Crippen molar-refractivity contribution >= 4 is 5.91 Å². The number of nitrogens with one attached hydrogen (secondary N) is 1. The monoisotopic (exact) mass is 382 g/mol. The van der Waals surface area contributed by atoms with Crippen molar-refractivity contribution in [2.24, 2.45) is 0 Å². The van der Waals surface area contributed by atoms with Crippen LogP contribution in [0, 0.1) is 0 Å². The lowest BCUT2D eigenvalue weighted by Gasteiger charge is -2.36. The first kappa shape index (κ1) is 19.2. The predicted octanol–water partition coefficient (Wildman–Crippen LogP) is 3.04. The molecule has 3 heterocycles. The summed E-state index contributed by atoms with van der Waals surface area (Å²) >= 11 is 0. The van der Waals surface area contributed by atoms with E-state index < -0.39 is 0 Å². The van der Waals surface area contributed by atoms with Crippen molar-refractivity contribution in [2.45, 2.75) is 51.4 Å². The molecular weight excluding hydrogens is 352 g/mol. The maximum atomic E-state index is 13.1. The van der Waals surface area contributed by atoms with E-state index in [4.69, 9.17) is 4.74 Å². The molecule has 2 atom stereocenters. The molecule has 0 unspecified atom stereocenters. The van der Waals surface area contributed by atoms with E-state index in [1.165, 1.54) is 5.56 Å². The second-order valence-electron chi connectivity index (χ2n) is 8.20. The smallest absolute Gasteiger partial charge is 0.257 e. The van der Waals surface area contributed by atoms with Crippen molar-refractivity contribution in [3.05, 3.63) is 53.3 Å². The maximum Gasteiger partial charge on any atom is 0.257 e. The fourth-order valence-electron chi connectivity index (χ4n) is 4.51. The van der Waals surface area contributed by atoms with E-state index in [1.807, 2.05) is 18.7 Å². The topological polar surface area (TPSA) is 61.5 Å². The minimum Gasteiger partial charge on any atom is -0.372 e. The minimum atomic E-state index is 0.0734. The largest absolute Gasteiger partial charge is 0.372 e. The van der Waals surface area contributed by atoms with Gasteiger partial charge in [0.15, 0.2) is 0 Å². The van der Waals surface area contributed by atoms with E-state index in [0.717, 1.165) is 43.7 Å². The standard InChI is InChI=1S/C22H30N4O2/c1-16-13-26(14-17(2)28-16)22(27)20-12-23-24-21(20)19-8-10-25(11-9-19)15-18-6-4-3-5-7-18/h3-7,12,16-17,19H,8-11,13-15H2,1-2H3,(H,23,24)/t16-,17-/m1/s1. The third-order valence-corrected chi connectivity index (χ3v) is 5.85. The molecule has 28 heavy (non-hydrogen) atoms. The first-order chi connectivity index (χ1) is 13.6. The second kappa shape index (κ2) is 8.45.